The highest BCUT2D eigenvalue weighted by atomic mass is 35.5. The molecule has 0 spiro atoms. The molecule has 2 unspecified atom stereocenters. The van der Waals surface area contributed by atoms with E-state index in [2.05, 4.69) is 0 Å². The van der Waals surface area contributed by atoms with Gasteiger partial charge in [0.1, 0.15) is 5.38 Å². The quantitative estimate of drug-likeness (QED) is 0.508. The SMILES string of the molecule is CC(Cl)C(=O)OC1COCCS1. The molecule has 1 heterocycles. The molecule has 1 saturated heterocycles. The molecule has 70 valence electrons. The summed E-state index contributed by atoms with van der Waals surface area (Å²) < 4.78 is 10.1. The molecule has 5 heteroatoms. The Morgan fingerprint density at radius 2 is 2.58 bits per heavy atom. The van der Waals surface area contributed by atoms with Gasteiger partial charge in [0.15, 0.2) is 5.44 Å². The summed E-state index contributed by atoms with van der Waals surface area (Å²) in [4.78, 5) is 11.0. The fourth-order valence-corrected chi connectivity index (χ4v) is 1.64. The van der Waals surface area contributed by atoms with E-state index in [1.807, 2.05) is 0 Å². The van der Waals surface area contributed by atoms with Crippen LogP contribution in [0, 0.1) is 0 Å². The van der Waals surface area contributed by atoms with Gasteiger partial charge in [-0.3, -0.25) is 4.79 Å². The van der Waals surface area contributed by atoms with Gasteiger partial charge in [-0.2, -0.15) is 0 Å². The molecular weight excluding hydrogens is 200 g/mol. The molecule has 0 saturated carbocycles. The van der Waals surface area contributed by atoms with Crippen molar-refractivity contribution in [3.05, 3.63) is 0 Å². The van der Waals surface area contributed by atoms with E-state index >= 15 is 0 Å². The van der Waals surface area contributed by atoms with Crippen LogP contribution in [-0.4, -0.2) is 35.7 Å². The summed E-state index contributed by atoms with van der Waals surface area (Å²) in [6.45, 7) is 2.80. The van der Waals surface area contributed by atoms with E-state index in [9.17, 15) is 4.79 Å². The summed E-state index contributed by atoms with van der Waals surface area (Å²) in [5.74, 6) is 0.494. The molecule has 2 atom stereocenters. The maximum atomic E-state index is 11.0. The third kappa shape index (κ3) is 3.21. The van der Waals surface area contributed by atoms with Gasteiger partial charge < -0.3 is 9.47 Å². The first-order chi connectivity index (χ1) is 5.70. The van der Waals surface area contributed by atoms with Crippen molar-refractivity contribution in [2.45, 2.75) is 17.7 Å². The molecule has 3 nitrogen and oxygen atoms in total. The van der Waals surface area contributed by atoms with Crippen LogP contribution in [0.15, 0.2) is 0 Å². The second-order valence-corrected chi connectivity index (χ2v) is 4.35. The van der Waals surface area contributed by atoms with Crippen molar-refractivity contribution in [3.63, 3.8) is 0 Å². The van der Waals surface area contributed by atoms with Gasteiger partial charge in [0.2, 0.25) is 0 Å². The van der Waals surface area contributed by atoms with Crippen molar-refractivity contribution in [2.24, 2.45) is 0 Å². The molecule has 0 N–H and O–H groups in total. The number of rotatable bonds is 2. The Morgan fingerprint density at radius 3 is 3.08 bits per heavy atom. The van der Waals surface area contributed by atoms with Gasteiger partial charge in [-0.05, 0) is 6.92 Å². The van der Waals surface area contributed by atoms with Crippen molar-refractivity contribution in [1.82, 2.24) is 0 Å². The second-order valence-electron chi connectivity index (χ2n) is 2.43. The number of hydrogen-bond acceptors (Lipinski definition) is 4. The molecule has 0 aromatic rings. The van der Waals surface area contributed by atoms with Crippen molar-refractivity contribution in [3.8, 4) is 0 Å². The zero-order chi connectivity index (χ0) is 8.97. The normalized spacial score (nSPS) is 26.3. The minimum absolute atomic E-state index is 0.174. The van der Waals surface area contributed by atoms with Crippen molar-refractivity contribution < 1.29 is 14.3 Å². The zero-order valence-electron chi connectivity index (χ0n) is 6.79. The fraction of sp³-hybridized carbons (Fsp3) is 0.857. The van der Waals surface area contributed by atoms with Crippen LogP contribution < -0.4 is 0 Å². The molecular formula is C7H11ClO3S. The summed E-state index contributed by atoms with van der Waals surface area (Å²) in [6, 6.07) is 0. The van der Waals surface area contributed by atoms with E-state index in [0.29, 0.717) is 6.61 Å². The third-order valence-electron chi connectivity index (χ3n) is 1.36. The zero-order valence-corrected chi connectivity index (χ0v) is 8.36. The summed E-state index contributed by atoms with van der Waals surface area (Å²) in [7, 11) is 0. The first-order valence-corrected chi connectivity index (χ1v) is 5.22. The van der Waals surface area contributed by atoms with Gasteiger partial charge in [0.25, 0.3) is 0 Å². The lowest BCUT2D eigenvalue weighted by atomic mass is 10.5. The molecule has 0 aliphatic carbocycles. The van der Waals surface area contributed by atoms with Crippen molar-refractivity contribution in [2.75, 3.05) is 19.0 Å². The van der Waals surface area contributed by atoms with E-state index in [1.165, 1.54) is 0 Å². The van der Waals surface area contributed by atoms with E-state index in [1.54, 1.807) is 18.7 Å². The Bertz CT molecular complexity index is 157. The van der Waals surface area contributed by atoms with Crippen LogP contribution in [0.4, 0.5) is 0 Å². The lowest BCUT2D eigenvalue weighted by Gasteiger charge is -2.22. The Balaban J connectivity index is 2.24. The average Bonchev–Trinajstić information content (AvgIpc) is 2.06. The number of alkyl halides is 1. The molecule has 12 heavy (non-hydrogen) atoms. The molecule has 0 aromatic carbocycles. The third-order valence-corrected chi connectivity index (χ3v) is 2.54. The fourth-order valence-electron chi connectivity index (χ4n) is 0.758. The predicted molar refractivity (Wildman–Crippen MR) is 48.5 cm³/mol. The van der Waals surface area contributed by atoms with Crippen LogP contribution >= 0.6 is 23.4 Å². The average molecular weight is 211 g/mol. The van der Waals surface area contributed by atoms with Crippen LogP contribution in [0.1, 0.15) is 6.92 Å². The van der Waals surface area contributed by atoms with Gasteiger partial charge >= 0.3 is 5.97 Å². The first-order valence-electron chi connectivity index (χ1n) is 3.74. The number of carbonyl (C=O) groups excluding carboxylic acids is 1. The molecule has 1 fully saturated rings. The standard InChI is InChI=1S/C7H11ClO3S/c1-5(8)7(9)11-6-4-10-2-3-12-6/h5-6H,2-4H2,1H3. The van der Waals surface area contributed by atoms with E-state index in [-0.39, 0.29) is 11.4 Å². The molecule has 1 aliphatic heterocycles. The largest absolute Gasteiger partial charge is 0.448 e. The topological polar surface area (TPSA) is 35.5 Å². The first kappa shape index (κ1) is 10.2. The highest BCUT2D eigenvalue weighted by Gasteiger charge is 2.20. The summed E-state index contributed by atoms with van der Waals surface area (Å²) in [6.07, 6.45) is 0. The highest BCUT2D eigenvalue weighted by molar-refractivity contribution is 7.99. The van der Waals surface area contributed by atoms with Crippen LogP contribution in [0.3, 0.4) is 0 Å². The minimum Gasteiger partial charge on any atom is -0.448 e. The van der Waals surface area contributed by atoms with Crippen molar-refractivity contribution >= 4 is 29.3 Å². The Labute approximate surface area is 80.7 Å². The van der Waals surface area contributed by atoms with E-state index in [4.69, 9.17) is 21.1 Å². The lowest BCUT2D eigenvalue weighted by molar-refractivity contribution is -0.146. The molecule has 1 rings (SSSR count). The smallest absolute Gasteiger partial charge is 0.324 e. The molecule has 1 aliphatic rings. The number of ether oxygens (including phenoxy) is 2. The van der Waals surface area contributed by atoms with Gasteiger partial charge in [-0.1, -0.05) is 0 Å². The van der Waals surface area contributed by atoms with Crippen LogP contribution in [0.2, 0.25) is 0 Å². The van der Waals surface area contributed by atoms with Gasteiger partial charge in [-0.25, -0.2) is 0 Å². The summed E-state index contributed by atoms with van der Waals surface area (Å²) >= 11 is 7.11. The van der Waals surface area contributed by atoms with Gasteiger partial charge in [-0.15, -0.1) is 23.4 Å². The Kier molecular flexibility index (Phi) is 4.18. The molecule has 0 aromatic heterocycles. The van der Waals surface area contributed by atoms with Crippen LogP contribution in [0.5, 0.6) is 0 Å². The number of thioether (sulfide) groups is 1. The maximum absolute atomic E-state index is 11.0. The summed E-state index contributed by atoms with van der Waals surface area (Å²) in [5, 5.41) is -0.576. The number of halogens is 1. The Morgan fingerprint density at radius 1 is 1.83 bits per heavy atom. The monoisotopic (exact) mass is 210 g/mol. The highest BCUT2D eigenvalue weighted by Crippen LogP contribution is 2.18. The number of hydrogen-bond donors (Lipinski definition) is 0. The van der Waals surface area contributed by atoms with Gasteiger partial charge in [0.05, 0.1) is 13.2 Å². The molecule has 0 bridgehead atoms. The van der Waals surface area contributed by atoms with Crippen LogP contribution in [0.25, 0.3) is 0 Å². The number of esters is 1. The van der Waals surface area contributed by atoms with E-state index in [0.717, 1.165) is 12.4 Å². The predicted octanol–water partition coefficient (Wildman–Crippen LogP) is 1.25. The Hall–Kier alpha value is 0.0700. The van der Waals surface area contributed by atoms with Crippen LogP contribution in [-0.2, 0) is 14.3 Å². The maximum Gasteiger partial charge on any atom is 0.324 e. The lowest BCUT2D eigenvalue weighted by Crippen LogP contribution is -2.28. The second kappa shape index (κ2) is 4.94. The van der Waals surface area contributed by atoms with Gasteiger partial charge in [0, 0.05) is 5.75 Å². The summed E-state index contributed by atoms with van der Waals surface area (Å²) in [5.41, 5.74) is -0.174. The molecule has 0 radical (unpaired) electrons. The van der Waals surface area contributed by atoms with Crippen molar-refractivity contribution in [1.29, 1.82) is 0 Å². The van der Waals surface area contributed by atoms with E-state index < -0.39 is 5.38 Å². The number of carbonyl (C=O) groups is 1. The minimum atomic E-state index is -0.576. The molecule has 0 amide bonds.